The summed E-state index contributed by atoms with van der Waals surface area (Å²) in [5.74, 6) is 0. The highest BCUT2D eigenvalue weighted by Gasteiger charge is 2.10. The van der Waals surface area contributed by atoms with Crippen LogP contribution in [0.25, 0.3) is 22.2 Å². The fraction of sp³-hybridized carbons (Fsp3) is 0.0833. The zero-order valence-corrected chi connectivity index (χ0v) is 9.64. The SMILES string of the molecule is Cc1cccc2[nH]cc(-c3csc(N)n3)c12. The number of nitrogen functional groups attached to an aromatic ring is 1. The van der Waals surface area contributed by atoms with Crippen LogP contribution in [0.15, 0.2) is 29.8 Å². The normalized spacial score (nSPS) is 11.1. The summed E-state index contributed by atoms with van der Waals surface area (Å²) in [5, 5.41) is 3.83. The second-order valence-corrected chi connectivity index (χ2v) is 4.66. The largest absolute Gasteiger partial charge is 0.375 e. The Balaban J connectivity index is 2.32. The number of benzene rings is 1. The summed E-state index contributed by atoms with van der Waals surface area (Å²) in [4.78, 5) is 7.58. The van der Waals surface area contributed by atoms with E-state index >= 15 is 0 Å². The highest BCUT2D eigenvalue weighted by molar-refractivity contribution is 7.13. The summed E-state index contributed by atoms with van der Waals surface area (Å²) >= 11 is 1.47. The van der Waals surface area contributed by atoms with Gasteiger partial charge in [0, 0.05) is 28.0 Å². The van der Waals surface area contributed by atoms with E-state index in [1.807, 2.05) is 17.6 Å². The molecule has 0 aliphatic rings. The molecule has 3 nitrogen and oxygen atoms in total. The van der Waals surface area contributed by atoms with E-state index < -0.39 is 0 Å². The molecule has 3 rings (SSSR count). The smallest absolute Gasteiger partial charge is 0.180 e. The standard InChI is InChI=1S/C12H11N3S/c1-7-3-2-4-9-11(7)8(5-14-9)10-6-16-12(13)15-10/h2-6,14H,1H3,(H2,13,15). The number of aromatic amines is 1. The number of nitrogens with zero attached hydrogens (tertiary/aromatic N) is 1. The summed E-state index contributed by atoms with van der Waals surface area (Å²) in [7, 11) is 0. The second kappa shape index (κ2) is 3.35. The van der Waals surface area contributed by atoms with E-state index in [9.17, 15) is 0 Å². The van der Waals surface area contributed by atoms with E-state index in [0.717, 1.165) is 16.8 Å². The van der Waals surface area contributed by atoms with Crippen LogP contribution in [0.5, 0.6) is 0 Å². The van der Waals surface area contributed by atoms with E-state index in [2.05, 4.69) is 29.0 Å². The fourth-order valence-electron chi connectivity index (χ4n) is 1.98. The van der Waals surface area contributed by atoms with E-state index in [0.29, 0.717) is 5.13 Å². The highest BCUT2D eigenvalue weighted by atomic mass is 32.1. The van der Waals surface area contributed by atoms with Crippen molar-refractivity contribution in [1.29, 1.82) is 0 Å². The summed E-state index contributed by atoms with van der Waals surface area (Å²) in [5.41, 5.74) is 10.1. The first-order valence-electron chi connectivity index (χ1n) is 5.04. The summed E-state index contributed by atoms with van der Waals surface area (Å²) in [6, 6.07) is 6.23. The van der Waals surface area contributed by atoms with Gasteiger partial charge in [0.1, 0.15) is 0 Å². The first-order valence-corrected chi connectivity index (χ1v) is 5.92. The molecular formula is C12H11N3S. The van der Waals surface area contributed by atoms with Gasteiger partial charge >= 0.3 is 0 Å². The van der Waals surface area contributed by atoms with Crippen molar-refractivity contribution in [1.82, 2.24) is 9.97 Å². The fourth-order valence-corrected chi connectivity index (χ4v) is 2.54. The molecule has 0 atom stereocenters. The number of hydrogen-bond acceptors (Lipinski definition) is 3. The average molecular weight is 229 g/mol. The molecule has 3 N–H and O–H groups in total. The molecule has 0 amide bonds. The van der Waals surface area contributed by atoms with Crippen molar-refractivity contribution < 1.29 is 0 Å². The number of fused-ring (bicyclic) bond motifs is 1. The number of H-pyrrole nitrogens is 1. The lowest BCUT2D eigenvalue weighted by atomic mass is 10.1. The molecule has 2 aromatic heterocycles. The van der Waals surface area contributed by atoms with Crippen molar-refractivity contribution in [3.63, 3.8) is 0 Å². The first-order chi connectivity index (χ1) is 7.75. The van der Waals surface area contributed by atoms with Crippen molar-refractivity contribution in [3.8, 4) is 11.3 Å². The molecule has 0 unspecified atom stereocenters. The molecule has 2 heterocycles. The van der Waals surface area contributed by atoms with Crippen molar-refractivity contribution in [3.05, 3.63) is 35.3 Å². The lowest BCUT2D eigenvalue weighted by molar-refractivity contribution is 1.41. The van der Waals surface area contributed by atoms with Gasteiger partial charge in [-0.2, -0.15) is 0 Å². The minimum Gasteiger partial charge on any atom is -0.375 e. The van der Waals surface area contributed by atoms with Gasteiger partial charge in [-0.05, 0) is 18.6 Å². The van der Waals surface area contributed by atoms with Crippen LogP contribution < -0.4 is 5.73 Å². The third-order valence-corrected chi connectivity index (χ3v) is 3.39. The molecule has 0 fully saturated rings. The summed E-state index contributed by atoms with van der Waals surface area (Å²) in [6.45, 7) is 2.11. The number of hydrogen-bond donors (Lipinski definition) is 2. The third-order valence-electron chi connectivity index (χ3n) is 2.71. The second-order valence-electron chi connectivity index (χ2n) is 3.77. The molecule has 3 aromatic rings. The van der Waals surface area contributed by atoms with Crippen LogP contribution in [-0.2, 0) is 0 Å². The molecule has 0 aliphatic carbocycles. The molecule has 80 valence electrons. The Hall–Kier alpha value is -1.81. The average Bonchev–Trinajstić information content (AvgIpc) is 2.84. The van der Waals surface area contributed by atoms with Crippen LogP contribution in [0.3, 0.4) is 0 Å². The van der Waals surface area contributed by atoms with E-state index in [1.54, 1.807) is 0 Å². The van der Waals surface area contributed by atoms with E-state index in [-0.39, 0.29) is 0 Å². The number of nitrogens with two attached hydrogens (primary N) is 1. The van der Waals surface area contributed by atoms with Crippen molar-refractivity contribution in [2.24, 2.45) is 0 Å². The minimum atomic E-state index is 0.609. The number of rotatable bonds is 1. The van der Waals surface area contributed by atoms with Gasteiger partial charge in [-0.1, -0.05) is 12.1 Å². The van der Waals surface area contributed by atoms with Gasteiger partial charge in [-0.15, -0.1) is 11.3 Å². The lowest BCUT2D eigenvalue weighted by Gasteiger charge is -1.98. The van der Waals surface area contributed by atoms with Crippen LogP contribution in [-0.4, -0.2) is 9.97 Å². The zero-order chi connectivity index (χ0) is 11.1. The number of aromatic nitrogens is 2. The maximum atomic E-state index is 5.66. The lowest BCUT2D eigenvalue weighted by Crippen LogP contribution is -1.83. The molecular weight excluding hydrogens is 218 g/mol. The highest BCUT2D eigenvalue weighted by Crippen LogP contribution is 2.31. The third kappa shape index (κ3) is 1.31. The summed E-state index contributed by atoms with van der Waals surface area (Å²) < 4.78 is 0. The molecule has 0 spiro atoms. The van der Waals surface area contributed by atoms with Gasteiger partial charge in [-0.3, -0.25) is 0 Å². The van der Waals surface area contributed by atoms with Crippen molar-refractivity contribution >= 4 is 27.4 Å². The molecule has 0 saturated heterocycles. The first kappa shape index (κ1) is 9.42. The van der Waals surface area contributed by atoms with Gasteiger partial charge in [0.25, 0.3) is 0 Å². The molecule has 4 heteroatoms. The molecule has 0 bridgehead atoms. The van der Waals surface area contributed by atoms with Crippen LogP contribution in [0, 0.1) is 6.92 Å². The molecule has 0 saturated carbocycles. The zero-order valence-electron chi connectivity index (χ0n) is 8.82. The molecule has 0 radical (unpaired) electrons. The number of thiazole rings is 1. The van der Waals surface area contributed by atoms with E-state index in [1.165, 1.54) is 22.3 Å². The Morgan fingerprint density at radius 3 is 3.00 bits per heavy atom. The Kier molecular flexibility index (Phi) is 1.97. The van der Waals surface area contributed by atoms with Gasteiger partial charge in [-0.25, -0.2) is 4.98 Å². The van der Waals surface area contributed by atoms with Crippen molar-refractivity contribution in [2.75, 3.05) is 5.73 Å². The Bertz CT molecular complexity index is 651. The number of nitrogens with one attached hydrogen (secondary N) is 1. The topological polar surface area (TPSA) is 54.7 Å². The van der Waals surface area contributed by atoms with Gasteiger partial charge < -0.3 is 10.7 Å². The maximum absolute atomic E-state index is 5.66. The quantitative estimate of drug-likeness (QED) is 0.673. The molecule has 1 aromatic carbocycles. The Labute approximate surface area is 96.9 Å². The van der Waals surface area contributed by atoms with Crippen LogP contribution in [0.1, 0.15) is 5.56 Å². The molecule has 0 aliphatic heterocycles. The monoisotopic (exact) mass is 229 g/mol. The van der Waals surface area contributed by atoms with Crippen LogP contribution in [0.2, 0.25) is 0 Å². The van der Waals surface area contributed by atoms with Gasteiger partial charge in [0.15, 0.2) is 5.13 Å². The predicted octanol–water partition coefficient (Wildman–Crippen LogP) is 3.18. The number of aryl methyl sites for hydroxylation is 1. The van der Waals surface area contributed by atoms with Crippen LogP contribution in [0.4, 0.5) is 5.13 Å². The van der Waals surface area contributed by atoms with Crippen LogP contribution >= 0.6 is 11.3 Å². The van der Waals surface area contributed by atoms with Gasteiger partial charge in [0.05, 0.1) is 5.69 Å². The number of anilines is 1. The maximum Gasteiger partial charge on any atom is 0.180 e. The van der Waals surface area contributed by atoms with E-state index in [4.69, 9.17) is 5.73 Å². The molecule has 16 heavy (non-hydrogen) atoms. The van der Waals surface area contributed by atoms with Crippen molar-refractivity contribution in [2.45, 2.75) is 6.92 Å². The minimum absolute atomic E-state index is 0.609. The predicted molar refractivity (Wildman–Crippen MR) is 68.6 cm³/mol. The summed E-state index contributed by atoms with van der Waals surface area (Å²) in [6.07, 6.45) is 1.99. The van der Waals surface area contributed by atoms with Gasteiger partial charge in [0.2, 0.25) is 0 Å². The Morgan fingerprint density at radius 1 is 1.38 bits per heavy atom. The Morgan fingerprint density at radius 2 is 2.25 bits per heavy atom.